The maximum atomic E-state index is 14.4. The highest BCUT2D eigenvalue weighted by molar-refractivity contribution is 6.06. The molecule has 5 aliphatic rings. The number of rotatable bonds is 21. The molecule has 1 saturated heterocycles. The van der Waals surface area contributed by atoms with Gasteiger partial charge < -0.3 is 76.0 Å². The maximum Gasteiger partial charge on any atom is 0.416 e. The van der Waals surface area contributed by atoms with Gasteiger partial charge in [0, 0.05) is 43.5 Å². The number of amides is 7. The van der Waals surface area contributed by atoms with Crippen molar-refractivity contribution < 1.29 is 67.5 Å². The average Bonchev–Trinajstić information content (AvgIpc) is 4.20. The zero-order valence-corrected chi connectivity index (χ0v) is 45.9. The summed E-state index contributed by atoms with van der Waals surface area (Å²) in [4.78, 5) is 97.3. The third-order valence-corrected chi connectivity index (χ3v) is 15.3. The molecule has 9 N–H and O–H groups in total. The molecule has 430 valence electrons. The molecule has 0 bridgehead atoms. The number of methoxy groups -OCH3 is 2. The number of aliphatic hydroxyl groups excluding tert-OH is 2. The summed E-state index contributed by atoms with van der Waals surface area (Å²) in [6, 6.07) is 17.7. The van der Waals surface area contributed by atoms with Gasteiger partial charge in [0.05, 0.1) is 81.7 Å². The van der Waals surface area contributed by atoms with E-state index in [-0.39, 0.29) is 91.5 Å². The van der Waals surface area contributed by atoms with Crippen molar-refractivity contribution in [3.8, 4) is 23.0 Å². The largest absolute Gasteiger partial charge is 0.493 e. The highest BCUT2D eigenvalue weighted by Crippen LogP contribution is 2.57. The Morgan fingerprint density at radius 3 is 2.12 bits per heavy atom. The zero-order valence-electron chi connectivity index (χ0n) is 45.9. The highest BCUT2D eigenvalue weighted by atomic mass is 16.6. The van der Waals surface area contributed by atoms with Gasteiger partial charge in [-0.2, -0.15) is 0 Å². The summed E-state index contributed by atoms with van der Waals surface area (Å²) in [5.41, 5.74) is 10.1. The van der Waals surface area contributed by atoms with E-state index in [4.69, 9.17) is 29.4 Å². The van der Waals surface area contributed by atoms with E-state index < -0.39 is 54.1 Å². The first-order valence-corrected chi connectivity index (χ1v) is 27.0. The number of anilines is 3. The summed E-state index contributed by atoms with van der Waals surface area (Å²) in [6.07, 6.45) is 2.81. The first-order valence-electron chi connectivity index (χ1n) is 27.0. The normalized spacial score (nSPS) is 19.0. The van der Waals surface area contributed by atoms with Crippen molar-refractivity contribution in [2.45, 2.75) is 96.5 Å². The second-order valence-electron chi connectivity index (χ2n) is 21.3. The number of nitrogens with one attached hydrogen (secondary N) is 5. The van der Waals surface area contributed by atoms with Crippen molar-refractivity contribution in [3.05, 3.63) is 107 Å². The monoisotopic (exact) mass is 1120 g/mol. The first-order chi connectivity index (χ1) is 38.9. The van der Waals surface area contributed by atoms with Crippen molar-refractivity contribution in [3.63, 3.8) is 0 Å². The first kappa shape index (κ1) is 57.3. The van der Waals surface area contributed by atoms with E-state index in [9.17, 15) is 43.8 Å². The van der Waals surface area contributed by atoms with Crippen LogP contribution in [0.1, 0.15) is 90.3 Å². The molecule has 0 aromatic heterocycles. The van der Waals surface area contributed by atoms with E-state index in [1.54, 1.807) is 60.0 Å². The van der Waals surface area contributed by atoms with Gasteiger partial charge in [-0.15, -0.1) is 0 Å². The van der Waals surface area contributed by atoms with Crippen molar-refractivity contribution in [1.29, 1.82) is 0 Å². The van der Waals surface area contributed by atoms with E-state index >= 15 is 0 Å². The molecule has 1 unspecified atom stereocenters. The number of hydrogen-bond acceptors (Lipinski definition) is 16. The van der Waals surface area contributed by atoms with Crippen LogP contribution in [0.15, 0.2) is 79.0 Å². The molecule has 4 aromatic carbocycles. The molecule has 1 saturated carbocycles. The lowest BCUT2D eigenvalue weighted by atomic mass is 10.0. The van der Waals surface area contributed by atoms with E-state index in [0.29, 0.717) is 66.4 Å². The molecule has 9 rings (SSSR count). The van der Waals surface area contributed by atoms with Crippen molar-refractivity contribution >= 4 is 64.2 Å². The van der Waals surface area contributed by atoms with Crippen LogP contribution in [0, 0.1) is 11.3 Å². The number of ether oxygens (including phenoxy) is 5. The molecule has 4 aliphatic heterocycles. The Bertz CT molecular complexity index is 3090. The Hall–Kier alpha value is -8.41. The molecule has 2 fully saturated rings. The Morgan fingerprint density at radius 2 is 1.48 bits per heavy atom. The molecule has 23 heteroatoms. The summed E-state index contributed by atoms with van der Waals surface area (Å²) in [7, 11) is 2.94. The van der Waals surface area contributed by atoms with Gasteiger partial charge >= 0.3 is 6.09 Å². The molecule has 1 aliphatic carbocycles. The molecule has 4 aromatic rings. The lowest BCUT2D eigenvalue weighted by molar-refractivity contribution is -0.132. The molecule has 7 amide bonds. The third kappa shape index (κ3) is 12.6. The minimum Gasteiger partial charge on any atom is -0.493 e. The molecule has 81 heavy (non-hydrogen) atoms. The van der Waals surface area contributed by atoms with Gasteiger partial charge in [0.1, 0.15) is 18.7 Å². The number of carbonyl (C=O) groups excluding carboxylic acids is 7. The van der Waals surface area contributed by atoms with Gasteiger partial charge in [-0.05, 0) is 90.5 Å². The maximum absolute atomic E-state index is 14.4. The van der Waals surface area contributed by atoms with Gasteiger partial charge in [0.25, 0.3) is 11.8 Å². The highest BCUT2D eigenvalue weighted by Gasteiger charge is 2.58. The molecular weight excluding hydrogens is 1050 g/mol. The lowest BCUT2D eigenvalue weighted by Gasteiger charge is -2.31. The molecule has 23 nitrogen and oxygen atoms in total. The van der Waals surface area contributed by atoms with Crippen LogP contribution in [-0.2, 0) is 37.1 Å². The van der Waals surface area contributed by atoms with Crippen molar-refractivity contribution in [1.82, 2.24) is 25.8 Å². The van der Waals surface area contributed by atoms with Crippen LogP contribution < -0.4 is 56.2 Å². The average molecular weight is 1120 g/mol. The van der Waals surface area contributed by atoms with Crippen molar-refractivity contribution in [2.24, 2.45) is 17.1 Å². The van der Waals surface area contributed by atoms with Crippen molar-refractivity contribution in [2.75, 3.05) is 69.1 Å². The number of hydrogen-bond donors (Lipinski definition) is 8. The van der Waals surface area contributed by atoms with Gasteiger partial charge in [-0.3, -0.25) is 28.8 Å². The summed E-state index contributed by atoms with van der Waals surface area (Å²) in [5.74, 6) is -1.95. The van der Waals surface area contributed by atoms with Gasteiger partial charge in [-0.25, -0.2) is 9.69 Å². The Kier molecular flexibility index (Phi) is 17.3. The van der Waals surface area contributed by atoms with Gasteiger partial charge in [0.15, 0.2) is 29.2 Å². The second-order valence-corrected chi connectivity index (χ2v) is 21.3. The number of nitrogens with two attached hydrogens (primary N) is 1. The van der Waals surface area contributed by atoms with Crippen LogP contribution in [0.5, 0.6) is 23.0 Å². The number of aliphatic hydroxyl groups is 2. The van der Waals surface area contributed by atoms with E-state index in [1.165, 1.54) is 33.3 Å². The van der Waals surface area contributed by atoms with Gasteiger partial charge in [-0.1, -0.05) is 50.2 Å². The number of nitrogens with zero attached hydrogens (tertiary/aromatic N) is 3. The van der Waals surface area contributed by atoms with E-state index in [1.807, 2.05) is 30.5 Å². The summed E-state index contributed by atoms with van der Waals surface area (Å²) >= 11 is 0. The fourth-order valence-electron chi connectivity index (χ4n) is 10.6. The van der Waals surface area contributed by atoms with Crippen LogP contribution in [0.3, 0.4) is 0 Å². The standard InChI is InChI=1S/C58H69N9O14/c1-32(2)51(64-50(70)27-61-49(69)25-59)53(72)62-33(3)52(71)63-38-13-9-35(10-14-38)30-81-57(76)67-43-23-48(46(78-5)21-41(43)55(74)66-31-58(15-16-58)24-44(66)56(67)75)80-18-6-17-79-47-22-42-40(20-45(47)77-4)54(73)65-28-37(19-39(65)26-60-42)36-11-7-34(29-68)8-12-36/h7-14,20-23,28,32-33,39,44,51,56,60,68,75H,6,15-19,24-27,29-31,59H2,1-5H3,(H,61,69)(H,62,72)(H,63,71)(H,64,70)/t33-,39-,44-,51-,56?/m0/s1. The summed E-state index contributed by atoms with van der Waals surface area (Å²) in [6.45, 7) is 5.18. The number of benzene rings is 4. The fourth-order valence-corrected chi connectivity index (χ4v) is 10.6. The SMILES string of the molecule is COc1cc2c(cc1OCCCOc1cc3c(cc1OC)C(=O)N1CC4(CC4)C[C@H]1C(O)N3C(=O)OCc1ccc(NC(=O)[C@H](C)NC(=O)[C@@H](NC(=O)CNC(=O)CN)C(C)C)cc1)NC[C@@H]1CC(c3ccc(CO)cc3)=CN1C2=O. The minimum absolute atomic E-state index is 0.0453. The fraction of sp³-hybridized carbons (Fsp3) is 0.431. The van der Waals surface area contributed by atoms with Crippen LogP contribution in [0.25, 0.3) is 5.57 Å². The smallest absolute Gasteiger partial charge is 0.416 e. The van der Waals surface area contributed by atoms with Crippen LogP contribution in [0.2, 0.25) is 0 Å². The zero-order chi connectivity index (χ0) is 57.7. The minimum atomic E-state index is -1.48. The van der Waals surface area contributed by atoms with E-state index in [0.717, 1.165) is 34.4 Å². The topological polar surface area (TPSA) is 302 Å². The summed E-state index contributed by atoms with van der Waals surface area (Å²) in [5, 5.41) is 35.3. The lowest BCUT2D eigenvalue weighted by Crippen LogP contribution is -2.55. The Labute approximate surface area is 468 Å². The quantitative estimate of drug-likeness (QED) is 0.0550. The molecule has 0 radical (unpaired) electrons. The second kappa shape index (κ2) is 24.5. The van der Waals surface area contributed by atoms with Crippen LogP contribution in [0.4, 0.5) is 21.9 Å². The Balaban J connectivity index is 0.828. The number of carbonyl (C=O) groups is 7. The summed E-state index contributed by atoms with van der Waals surface area (Å²) < 4.78 is 29.7. The van der Waals surface area contributed by atoms with E-state index in [2.05, 4.69) is 26.6 Å². The van der Waals surface area contributed by atoms with Crippen LogP contribution >= 0.6 is 0 Å². The predicted octanol–water partition coefficient (Wildman–Crippen LogP) is 3.85. The number of fused-ring (bicyclic) bond motifs is 4. The Morgan fingerprint density at radius 1 is 0.815 bits per heavy atom. The molecular formula is C58H69N9O14. The molecule has 5 atom stereocenters. The van der Waals surface area contributed by atoms with Gasteiger partial charge in [0.2, 0.25) is 23.6 Å². The third-order valence-electron chi connectivity index (χ3n) is 15.3. The molecule has 1 spiro atoms. The predicted molar refractivity (Wildman–Crippen MR) is 296 cm³/mol. The molecule has 4 heterocycles. The van der Waals surface area contributed by atoms with Crippen LogP contribution in [-0.4, -0.2) is 146 Å².